The van der Waals surface area contributed by atoms with Crippen LogP contribution in [0, 0.1) is 25.7 Å². The van der Waals surface area contributed by atoms with Crippen LogP contribution in [0.3, 0.4) is 0 Å². The Kier molecular flexibility index (Phi) is 7.37. The maximum Gasteiger partial charge on any atom is 0.225 e. The van der Waals surface area contributed by atoms with Gasteiger partial charge in [-0.1, -0.05) is 19.9 Å². The minimum absolute atomic E-state index is 0. The number of hydrogen-bond donors (Lipinski definition) is 1. The first kappa shape index (κ1) is 19.0. The third-order valence-corrected chi connectivity index (χ3v) is 4.39. The summed E-state index contributed by atoms with van der Waals surface area (Å²) in [5.41, 5.74) is 3.37. The molecule has 0 bridgehead atoms. The van der Waals surface area contributed by atoms with E-state index in [1.54, 1.807) is 0 Å². The van der Waals surface area contributed by atoms with Gasteiger partial charge in [0, 0.05) is 31.7 Å². The van der Waals surface area contributed by atoms with E-state index in [2.05, 4.69) is 44.0 Å². The molecule has 2 rings (SSSR count). The number of rotatable bonds is 4. The molecule has 0 aromatic heterocycles. The quantitative estimate of drug-likeness (QED) is 0.906. The van der Waals surface area contributed by atoms with E-state index < -0.39 is 0 Å². The highest BCUT2D eigenvalue weighted by molar-refractivity contribution is 5.90. The molecule has 22 heavy (non-hydrogen) atoms. The second-order valence-corrected chi connectivity index (χ2v) is 6.80. The fourth-order valence-corrected chi connectivity index (χ4v) is 3.28. The molecule has 0 aliphatic carbocycles. The van der Waals surface area contributed by atoms with Crippen LogP contribution in [0.1, 0.15) is 37.8 Å². The van der Waals surface area contributed by atoms with E-state index >= 15 is 0 Å². The van der Waals surface area contributed by atoms with Crippen molar-refractivity contribution in [2.75, 3.05) is 25.0 Å². The molecule has 1 aliphatic heterocycles. The number of aryl methyl sites for hydroxylation is 2. The van der Waals surface area contributed by atoms with Crippen molar-refractivity contribution in [1.82, 2.24) is 4.90 Å². The van der Waals surface area contributed by atoms with Crippen LogP contribution in [0.4, 0.5) is 5.69 Å². The standard InChI is InChI=1S/C18H28N2O.ClH/c1-13-9-14(2)12-20(11-13)8-7-18(21)19-17-6-5-15(3)16(4)10-17;/h5-6,10,13-14H,7-9,11-12H2,1-4H3,(H,19,21);1H. The van der Waals surface area contributed by atoms with Crippen LogP contribution in [0.2, 0.25) is 0 Å². The number of benzene rings is 1. The zero-order valence-electron chi connectivity index (χ0n) is 14.2. The summed E-state index contributed by atoms with van der Waals surface area (Å²) in [6.07, 6.45) is 1.89. The fraction of sp³-hybridized carbons (Fsp3) is 0.611. The maximum atomic E-state index is 12.1. The van der Waals surface area contributed by atoms with E-state index in [1.807, 2.05) is 12.1 Å². The monoisotopic (exact) mass is 324 g/mol. The van der Waals surface area contributed by atoms with Crippen molar-refractivity contribution < 1.29 is 4.79 Å². The number of nitrogens with zero attached hydrogens (tertiary/aromatic N) is 1. The van der Waals surface area contributed by atoms with Crippen molar-refractivity contribution in [2.24, 2.45) is 11.8 Å². The van der Waals surface area contributed by atoms with Gasteiger partial charge in [-0.3, -0.25) is 4.79 Å². The van der Waals surface area contributed by atoms with Gasteiger partial charge in [0.15, 0.2) is 0 Å². The van der Waals surface area contributed by atoms with Crippen molar-refractivity contribution in [3.63, 3.8) is 0 Å². The van der Waals surface area contributed by atoms with E-state index in [0.717, 1.165) is 37.2 Å². The first-order valence-electron chi connectivity index (χ1n) is 8.03. The SMILES string of the molecule is Cc1ccc(NC(=O)CCN2CC(C)CC(C)C2)cc1C.Cl. The summed E-state index contributed by atoms with van der Waals surface area (Å²) < 4.78 is 0. The van der Waals surface area contributed by atoms with Crippen LogP contribution in [0.5, 0.6) is 0 Å². The number of anilines is 1. The average Bonchev–Trinajstić information content (AvgIpc) is 2.40. The number of carbonyl (C=O) groups excluding carboxylic acids is 1. The highest BCUT2D eigenvalue weighted by Gasteiger charge is 2.21. The number of piperidine rings is 1. The Labute approximate surface area is 140 Å². The van der Waals surface area contributed by atoms with Crippen molar-refractivity contribution in [3.8, 4) is 0 Å². The van der Waals surface area contributed by atoms with Gasteiger partial charge in [-0.2, -0.15) is 0 Å². The van der Waals surface area contributed by atoms with Gasteiger partial charge >= 0.3 is 0 Å². The van der Waals surface area contributed by atoms with E-state index in [-0.39, 0.29) is 18.3 Å². The van der Waals surface area contributed by atoms with E-state index in [1.165, 1.54) is 17.5 Å². The molecular weight excluding hydrogens is 296 g/mol. The Bertz CT molecular complexity index is 494. The fourth-order valence-electron chi connectivity index (χ4n) is 3.28. The molecule has 3 nitrogen and oxygen atoms in total. The van der Waals surface area contributed by atoms with Gasteiger partial charge in [-0.25, -0.2) is 0 Å². The highest BCUT2D eigenvalue weighted by atomic mass is 35.5. The molecule has 1 fully saturated rings. The van der Waals surface area contributed by atoms with Gasteiger partial charge in [0.05, 0.1) is 0 Å². The molecule has 1 amide bonds. The molecule has 4 heteroatoms. The van der Waals surface area contributed by atoms with Crippen LogP contribution in [0.15, 0.2) is 18.2 Å². The van der Waals surface area contributed by atoms with Gasteiger partial charge in [0.1, 0.15) is 0 Å². The first-order valence-corrected chi connectivity index (χ1v) is 8.03. The minimum atomic E-state index is 0. The lowest BCUT2D eigenvalue weighted by Gasteiger charge is -2.34. The van der Waals surface area contributed by atoms with E-state index in [0.29, 0.717) is 6.42 Å². The van der Waals surface area contributed by atoms with Gasteiger partial charge in [-0.15, -0.1) is 12.4 Å². The third kappa shape index (κ3) is 5.62. The molecule has 1 aromatic carbocycles. The van der Waals surface area contributed by atoms with Crippen molar-refractivity contribution >= 4 is 24.0 Å². The molecule has 2 atom stereocenters. The minimum Gasteiger partial charge on any atom is -0.326 e. The number of amides is 1. The molecule has 1 saturated heterocycles. The van der Waals surface area contributed by atoms with Crippen molar-refractivity contribution in [1.29, 1.82) is 0 Å². The van der Waals surface area contributed by atoms with Crippen LogP contribution >= 0.6 is 12.4 Å². The summed E-state index contributed by atoms with van der Waals surface area (Å²) in [5, 5.41) is 3.01. The smallest absolute Gasteiger partial charge is 0.225 e. The summed E-state index contributed by atoms with van der Waals surface area (Å²) >= 11 is 0. The Balaban J connectivity index is 0.00000242. The predicted octanol–water partition coefficient (Wildman–Crippen LogP) is 4.03. The van der Waals surface area contributed by atoms with Crippen LogP contribution < -0.4 is 5.32 Å². The van der Waals surface area contributed by atoms with Crippen molar-refractivity contribution in [3.05, 3.63) is 29.3 Å². The maximum absolute atomic E-state index is 12.1. The second-order valence-electron chi connectivity index (χ2n) is 6.80. The number of nitrogens with one attached hydrogen (secondary N) is 1. The molecule has 0 radical (unpaired) electrons. The van der Waals surface area contributed by atoms with Gasteiger partial charge in [0.25, 0.3) is 0 Å². The number of likely N-dealkylation sites (tertiary alicyclic amines) is 1. The zero-order valence-corrected chi connectivity index (χ0v) is 15.0. The molecule has 0 saturated carbocycles. The topological polar surface area (TPSA) is 32.3 Å². The second kappa shape index (κ2) is 8.54. The highest BCUT2D eigenvalue weighted by Crippen LogP contribution is 2.21. The average molecular weight is 325 g/mol. The Morgan fingerprint density at radius 3 is 2.41 bits per heavy atom. The summed E-state index contributed by atoms with van der Waals surface area (Å²) in [5.74, 6) is 1.61. The predicted molar refractivity (Wildman–Crippen MR) is 95.8 cm³/mol. The zero-order chi connectivity index (χ0) is 15.4. The van der Waals surface area contributed by atoms with Crippen LogP contribution in [0.25, 0.3) is 0 Å². The van der Waals surface area contributed by atoms with Gasteiger partial charge in [-0.05, 0) is 55.4 Å². The van der Waals surface area contributed by atoms with Crippen molar-refractivity contribution in [2.45, 2.75) is 40.5 Å². The Morgan fingerprint density at radius 1 is 1.18 bits per heavy atom. The summed E-state index contributed by atoms with van der Waals surface area (Å²) in [6, 6.07) is 6.07. The molecule has 1 aliphatic rings. The first-order chi connectivity index (χ1) is 9.94. The van der Waals surface area contributed by atoms with E-state index in [9.17, 15) is 4.79 Å². The van der Waals surface area contributed by atoms with Crippen LogP contribution in [-0.4, -0.2) is 30.4 Å². The third-order valence-electron chi connectivity index (χ3n) is 4.39. The number of hydrogen-bond acceptors (Lipinski definition) is 2. The summed E-state index contributed by atoms with van der Waals surface area (Å²) in [4.78, 5) is 14.5. The molecule has 1 aromatic rings. The molecule has 124 valence electrons. The largest absolute Gasteiger partial charge is 0.326 e. The normalized spacial score (nSPS) is 22.0. The lowest BCUT2D eigenvalue weighted by atomic mass is 9.92. The Morgan fingerprint density at radius 2 is 1.82 bits per heavy atom. The lowest BCUT2D eigenvalue weighted by molar-refractivity contribution is -0.116. The molecule has 1 N–H and O–H groups in total. The van der Waals surface area contributed by atoms with E-state index in [4.69, 9.17) is 0 Å². The number of carbonyl (C=O) groups is 1. The summed E-state index contributed by atoms with van der Waals surface area (Å²) in [7, 11) is 0. The Hall–Kier alpha value is -1.06. The summed E-state index contributed by atoms with van der Waals surface area (Å²) in [6.45, 7) is 11.9. The lowest BCUT2D eigenvalue weighted by Crippen LogP contribution is -2.40. The molecular formula is C18H29ClN2O. The molecule has 0 spiro atoms. The molecule has 1 heterocycles. The molecule has 2 unspecified atom stereocenters. The number of halogens is 1. The van der Waals surface area contributed by atoms with Gasteiger partial charge < -0.3 is 10.2 Å². The van der Waals surface area contributed by atoms with Crippen LogP contribution in [-0.2, 0) is 4.79 Å². The van der Waals surface area contributed by atoms with Gasteiger partial charge in [0.2, 0.25) is 5.91 Å².